The van der Waals surface area contributed by atoms with E-state index in [0.29, 0.717) is 6.54 Å². The summed E-state index contributed by atoms with van der Waals surface area (Å²) in [7, 11) is 2.11. The van der Waals surface area contributed by atoms with Crippen molar-refractivity contribution in [3.63, 3.8) is 0 Å². The van der Waals surface area contributed by atoms with Crippen molar-refractivity contribution < 1.29 is 4.79 Å². The Morgan fingerprint density at radius 2 is 1.55 bits per heavy atom. The highest BCUT2D eigenvalue weighted by molar-refractivity contribution is 6.01. The summed E-state index contributed by atoms with van der Waals surface area (Å²) in [5.41, 5.74) is 6.87. The molecule has 4 aromatic rings. The normalized spacial score (nSPS) is 15.9. The molecule has 1 amide bonds. The predicted octanol–water partition coefficient (Wildman–Crippen LogP) is 5.27. The van der Waals surface area contributed by atoms with E-state index in [0.717, 1.165) is 17.5 Å². The third-order valence-electron chi connectivity index (χ3n) is 6.26. The zero-order chi connectivity index (χ0) is 20.0. The van der Waals surface area contributed by atoms with E-state index >= 15 is 0 Å². The lowest BCUT2D eigenvalue weighted by molar-refractivity contribution is 0.0752. The van der Waals surface area contributed by atoms with E-state index in [2.05, 4.69) is 78.0 Å². The van der Waals surface area contributed by atoms with Gasteiger partial charge in [-0.05, 0) is 36.6 Å². The highest BCUT2D eigenvalue weighted by atomic mass is 16.2. The molecule has 5 rings (SSSR count). The van der Waals surface area contributed by atoms with E-state index in [1.165, 1.54) is 27.7 Å². The van der Waals surface area contributed by atoms with Crippen LogP contribution in [0.3, 0.4) is 0 Å². The van der Waals surface area contributed by atoms with E-state index < -0.39 is 0 Å². The minimum Gasteiger partial charge on any atom is -0.348 e. The van der Waals surface area contributed by atoms with Gasteiger partial charge >= 0.3 is 0 Å². The monoisotopic (exact) mass is 380 g/mol. The SMILES string of the molecule is Cc1c(C2c3ccccc3C(=O)N2CCc2ccccc2)c2ccccc2n1C. The third-order valence-corrected chi connectivity index (χ3v) is 6.26. The first-order valence-electron chi connectivity index (χ1n) is 10.1. The molecule has 0 fully saturated rings. The van der Waals surface area contributed by atoms with Crippen LogP contribution >= 0.6 is 0 Å². The first-order chi connectivity index (χ1) is 14.2. The molecule has 0 radical (unpaired) electrons. The van der Waals surface area contributed by atoms with Gasteiger partial charge in [0.25, 0.3) is 5.91 Å². The molecule has 1 atom stereocenters. The summed E-state index contributed by atoms with van der Waals surface area (Å²) >= 11 is 0. The molecule has 0 N–H and O–H groups in total. The lowest BCUT2D eigenvalue weighted by atomic mass is 9.95. The second kappa shape index (κ2) is 6.93. The molecule has 3 nitrogen and oxygen atoms in total. The van der Waals surface area contributed by atoms with Crippen LogP contribution in [0.5, 0.6) is 0 Å². The molecule has 0 spiro atoms. The number of para-hydroxylation sites is 1. The summed E-state index contributed by atoms with van der Waals surface area (Å²) in [6.07, 6.45) is 0.848. The summed E-state index contributed by atoms with van der Waals surface area (Å²) in [5, 5.41) is 1.23. The van der Waals surface area contributed by atoms with Crippen LogP contribution in [-0.4, -0.2) is 21.9 Å². The van der Waals surface area contributed by atoms with Gasteiger partial charge in [0.05, 0.1) is 6.04 Å². The van der Waals surface area contributed by atoms with Gasteiger partial charge in [0, 0.05) is 41.3 Å². The van der Waals surface area contributed by atoms with Crippen molar-refractivity contribution in [1.82, 2.24) is 9.47 Å². The Kier molecular flexibility index (Phi) is 4.24. The minimum atomic E-state index is -0.0477. The van der Waals surface area contributed by atoms with Crippen molar-refractivity contribution in [1.29, 1.82) is 0 Å². The number of aromatic nitrogens is 1. The van der Waals surface area contributed by atoms with Crippen LogP contribution in [-0.2, 0) is 13.5 Å². The van der Waals surface area contributed by atoms with Gasteiger partial charge < -0.3 is 9.47 Å². The maximum Gasteiger partial charge on any atom is 0.255 e. The number of amides is 1. The van der Waals surface area contributed by atoms with Gasteiger partial charge in [-0.2, -0.15) is 0 Å². The minimum absolute atomic E-state index is 0.0477. The van der Waals surface area contributed by atoms with E-state index in [1.807, 2.05) is 24.3 Å². The zero-order valence-electron chi connectivity index (χ0n) is 16.8. The molecule has 144 valence electrons. The van der Waals surface area contributed by atoms with E-state index in [4.69, 9.17) is 0 Å². The number of aryl methyl sites for hydroxylation is 1. The van der Waals surface area contributed by atoms with Crippen molar-refractivity contribution in [3.8, 4) is 0 Å². The molecule has 3 aromatic carbocycles. The van der Waals surface area contributed by atoms with Gasteiger partial charge in [-0.15, -0.1) is 0 Å². The van der Waals surface area contributed by atoms with Crippen molar-refractivity contribution in [2.45, 2.75) is 19.4 Å². The van der Waals surface area contributed by atoms with Crippen molar-refractivity contribution in [2.75, 3.05) is 6.54 Å². The fourth-order valence-electron chi connectivity index (χ4n) is 4.70. The Hall–Kier alpha value is -3.33. The molecule has 1 aliphatic rings. The second-order valence-corrected chi connectivity index (χ2v) is 7.80. The lowest BCUT2D eigenvalue weighted by Crippen LogP contribution is -2.31. The highest BCUT2D eigenvalue weighted by Crippen LogP contribution is 2.43. The van der Waals surface area contributed by atoms with Crippen LogP contribution in [0.2, 0.25) is 0 Å². The van der Waals surface area contributed by atoms with Crippen molar-refractivity contribution in [2.24, 2.45) is 7.05 Å². The lowest BCUT2D eigenvalue weighted by Gasteiger charge is -2.26. The topological polar surface area (TPSA) is 25.2 Å². The molecule has 3 heteroatoms. The largest absolute Gasteiger partial charge is 0.348 e. The molecule has 0 saturated heterocycles. The molecule has 29 heavy (non-hydrogen) atoms. The Labute approximate surface area is 171 Å². The Bertz CT molecular complexity index is 1210. The van der Waals surface area contributed by atoms with Gasteiger partial charge in [-0.3, -0.25) is 4.79 Å². The van der Waals surface area contributed by atoms with Crippen LogP contribution in [0.25, 0.3) is 10.9 Å². The number of carbonyl (C=O) groups excluding carboxylic acids is 1. The van der Waals surface area contributed by atoms with Crippen LogP contribution in [0.15, 0.2) is 78.9 Å². The number of benzene rings is 3. The molecule has 1 aliphatic heterocycles. The highest BCUT2D eigenvalue weighted by Gasteiger charge is 2.39. The summed E-state index contributed by atoms with van der Waals surface area (Å²) in [6, 6.07) is 26.9. The van der Waals surface area contributed by atoms with Gasteiger partial charge in [0.1, 0.15) is 0 Å². The van der Waals surface area contributed by atoms with Gasteiger partial charge in [-0.1, -0.05) is 66.7 Å². The molecule has 0 saturated carbocycles. The standard InChI is InChI=1S/C26H24N2O/c1-18-24(22-14-8-9-15-23(22)27(18)2)25-20-12-6-7-13-21(20)26(29)28(25)17-16-19-10-4-3-5-11-19/h3-15,25H,16-17H2,1-2H3. The van der Waals surface area contributed by atoms with E-state index in [1.54, 1.807) is 0 Å². The maximum atomic E-state index is 13.4. The number of carbonyl (C=O) groups is 1. The Morgan fingerprint density at radius 3 is 2.38 bits per heavy atom. The van der Waals surface area contributed by atoms with Crippen LogP contribution < -0.4 is 0 Å². The summed E-state index contributed by atoms with van der Waals surface area (Å²) in [4.78, 5) is 15.4. The van der Waals surface area contributed by atoms with E-state index in [-0.39, 0.29) is 11.9 Å². The summed E-state index contributed by atoms with van der Waals surface area (Å²) in [6.45, 7) is 2.86. The molecular weight excluding hydrogens is 356 g/mol. The molecule has 1 aromatic heterocycles. The number of hydrogen-bond acceptors (Lipinski definition) is 1. The van der Waals surface area contributed by atoms with Crippen LogP contribution in [0.1, 0.15) is 38.8 Å². The average Bonchev–Trinajstić information content (AvgIpc) is 3.18. The number of nitrogens with zero attached hydrogens (tertiary/aromatic N) is 2. The van der Waals surface area contributed by atoms with E-state index in [9.17, 15) is 4.79 Å². The van der Waals surface area contributed by atoms with Crippen molar-refractivity contribution in [3.05, 3.63) is 107 Å². The number of hydrogen-bond donors (Lipinski definition) is 0. The quantitative estimate of drug-likeness (QED) is 0.473. The average molecular weight is 380 g/mol. The first kappa shape index (κ1) is 17.7. The molecule has 0 aliphatic carbocycles. The van der Waals surface area contributed by atoms with Gasteiger partial charge in [-0.25, -0.2) is 0 Å². The molecule has 2 heterocycles. The maximum absolute atomic E-state index is 13.4. The number of fused-ring (bicyclic) bond motifs is 2. The van der Waals surface area contributed by atoms with Crippen molar-refractivity contribution >= 4 is 16.8 Å². The Balaban J connectivity index is 1.64. The third kappa shape index (κ3) is 2.77. The Morgan fingerprint density at radius 1 is 0.862 bits per heavy atom. The first-order valence-corrected chi connectivity index (χ1v) is 10.1. The smallest absolute Gasteiger partial charge is 0.255 e. The zero-order valence-corrected chi connectivity index (χ0v) is 16.8. The summed E-state index contributed by atoms with van der Waals surface area (Å²) < 4.78 is 2.24. The van der Waals surface area contributed by atoms with Crippen LogP contribution in [0.4, 0.5) is 0 Å². The van der Waals surface area contributed by atoms with Crippen LogP contribution in [0, 0.1) is 6.92 Å². The molecule has 1 unspecified atom stereocenters. The molecular formula is C26H24N2O. The molecule has 0 bridgehead atoms. The van der Waals surface area contributed by atoms with Gasteiger partial charge in [0.2, 0.25) is 0 Å². The van der Waals surface area contributed by atoms with Gasteiger partial charge in [0.15, 0.2) is 0 Å². The predicted molar refractivity (Wildman–Crippen MR) is 117 cm³/mol. The fraction of sp³-hybridized carbons (Fsp3) is 0.192. The summed E-state index contributed by atoms with van der Waals surface area (Å²) in [5.74, 6) is 0.133. The number of rotatable bonds is 4. The fourth-order valence-corrected chi connectivity index (χ4v) is 4.70. The second-order valence-electron chi connectivity index (χ2n) is 7.80.